The Balaban J connectivity index is 1.64. The molecule has 0 radical (unpaired) electrons. The Morgan fingerprint density at radius 3 is 2.61 bits per heavy atom. The van der Waals surface area contributed by atoms with E-state index in [1.807, 2.05) is 36.6 Å². The topological polar surface area (TPSA) is 46.1 Å². The quantitative estimate of drug-likeness (QED) is 0.286. The maximum absolute atomic E-state index is 13.4. The van der Waals surface area contributed by atoms with Gasteiger partial charge >= 0.3 is 0 Å². The second kappa shape index (κ2) is 10.3. The molecule has 4 nitrogen and oxygen atoms in total. The summed E-state index contributed by atoms with van der Waals surface area (Å²) in [7, 11) is 0. The van der Waals surface area contributed by atoms with Crippen molar-refractivity contribution in [3.05, 3.63) is 78.1 Å². The average Bonchev–Trinajstić information content (AvgIpc) is 3.23. The van der Waals surface area contributed by atoms with Gasteiger partial charge in [0.25, 0.3) is 0 Å². The van der Waals surface area contributed by atoms with Crippen molar-refractivity contribution >= 4 is 56.1 Å². The van der Waals surface area contributed by atoms with Crippen LogP contribution in [0.3, 0.4) is 0 Å². The smallest absolute Gasteiger partial charge is 0.233 e. The van der Waals surface area contributed by atoms with Crippen LogP contribution in [0.5, 0.6) is 0 Å². The predicted octanol–water partition coefficient (Wildman–Crippen LogP) is 6.30. The van der Waals surface area contributed by atoms with Crippen LogP contribution in [0.15, 0.2) is 76.8 Å². The number of benzene rings is 2. The summed E-state index contributed by atoms with van der Waals surface area (Å²) >= 11 is 5.03. The molecular weight excluding hydrogens is 442 g/mol. The van der Waals surface area contributed by atoms with Crippen LogP contribution in [-0.2, 0) is 17.8 Å². The largest absolute Gasteiger partial charge is 0.283 e. The fourth-order valence-electron chi connectivity index (χ4n) is 3.27. The zero-order chi connectivity index (χ0) is 21.6. The van der Waals surface area contributed by atoms with Gasteiger partial charge in [-0.3, -0.25) is 14.7 Å². The summed E-state index contributed by atoms with van der Waals surface area (Å²) in [6, 6.07) is 18.3. The lowest BCUT2D eigenvalue weighted by molar-refractivity contribution is -0.118. The van der Waals surface area contributed by atoms with Crippen LogP contribution in [0.2, 0.25) is 0 Å². The number of nitrogens with zero attached hydrogens (tertiary/aromatic N) is 3. The number of rotatable bonds is 8. The van der Waals surface area contributed by atoms with E-state index in [-0.39, 0.29) is 5.91 Å². The van der Waals surface area contributed by atoms with Gasteiger partial charge in [-0.15, -0.1) is 23.5 Å². The fraction of sp³-hybridized carbons (Fsp3) is 0.208. The van der Waals surface area contributed by atoms with E-state index in [9.17, 15) is 4.79 Å². The first-order chi connectivity index (χ1) is 15.2. The van der Waals surface area contributed by atoms with Crippen LogP contribution in [0.4, 0.5) is 5.13 Å². The summed E-state index contributed by atoms with van der Waals surface area (Å²) in [5.41, 5.74) is 2.95. The summed E-state index contributed by atoms with van der Waals surface area (Å²) in [4.78, 5) is 26.6. The molecule has 2 aromatic heterocycles. The minimum Gasteiger partial charge on any atom is -0.283 e. The summed E-state index contributed by atoms with van der Waals surface area (Å²) in [6.07, 6.45) is 5.93. The highest BCUT2D eigenvalue weighted by atomic mass is 32.2. The summed E-state index contributed by atoms with van der Waals surface area (Å²) in [5.74, 6) is 1.07. The van der Waals surface area contributed by atoms with Crippen LogP contribution in [0, 0.1) is 0 Å². The second-order valence-electron chi connectivity index (χ2n) is 6.90. The van der Waals surface area contributed by atoms with Crippen LogP contribution in [0.1, 0.15) is 18.1 Å². The highest BCUT2D eigenvalue weighted by Crippen LogP contribution is 2.35. The molecular formula is C24H23N3OS3. The van der Waals surface area contributed by atoms with Gasteiger partial charge in [-0.05, 0) is 53.5 Å². The molecule has 0 N–H and O–H groups in total. The number of aromatic nitrogens is 2. The van der Waals surface area contributed by atoms with Crippen molar-refractivity contribution in [2.75, 3.05) is 16.9 Å². The Bertz CT molecular complexity index is 1160. The summed E-state index contributed by atoms with van der Waals surface area (Å²) < 4.78 is 1.09. The first-order valence-corrected chi connectivity index (χ1v) is 13.0. The van der Waals surface area contributed by atoms with E-state index >= 15 is 0 Å². The Morgan fingerprint density at radius 2 is 1.90 bits per heavy atom. The van der Waals surface area contributed by atoms with Gasteiger partial charge in [0.2, 0.25) is 5.91 Å². The third-order valence-corrected chi connectivity index (χ3v) is 7.48. The summed E-state index contributed by atoms with van der Waals surface area (Å²) in [5, 5.41) is 0.725. The number of pyridine rings is 1. The van der Waals surface area contributed by atoms with Gasteiger partial charge in [-0.2, -0.15) is 0 Å². The molecule has 0 saturated carbocycles. The Kier molecular flexibility index (Phi) is 7.27. The zero-order valence-electron chi connectivity index (χ0n) is 17.4. The molecule has 2 heterocycles. The van der Waals surface area contributed by atoms with Gasteiger partial charge in [0.15, 0.2) is 5.13 Å². The Hall–Kier alpha value is -2.35. The van der Waals surface area contributed by atoms with Gasteiger partial charge < -0.3 is 0 Å². The molecule has 0 aliphatic heterocycles. The number of para-hydroxylation sites is 1. The number of thiazole rings is 1. The lowest BCUT2D eigenvalue weighted by Crippen LogP contribution is -2.31. The SMILES string of the molecule is CCSc1ccc(CC(=O)N(Cc2cccnc2)c2nc3c(SC)cccc3s2)cc1. The van der Waals surface area contributed by atoms with Crippen molar-refractivity contribution in [2.45, 2.75) is 29.7 Å². The van der Waals surface area contributed by atoms with Crippen LogP contribution < -0.4 is 4.90 Å². The van der Waals surface area contributed by atoms with Crippen molar-refractivity contribution < 1.29 is 4.79 Å². The number of fused-ring (bicyclic) bond motifs is 1. The average molecular weight is 466 g/mol. The number of hydrogen-bond donors (Lipinski definition) is 0. The number of carbonyl (C=O) groups excluding carboxylic acids is 1. The molecule has 0 aliphatic carbocycles. The molecule has 0 fully saturated rings. The van der Waals surface area contributed by atoms with E-state index in [2.05, 4.69) is 36.2 Å². The molecule has 4 rings (SSSR count). The van der Waals surface area contributed by atoms with Crippen LogP contribution >= 0.6 is 34.9 Å². The van der Waals surface area contributed by atoms with Gasteiger partial charge in [0, 0.05) is 22.2 Å². The number of anilines is 1. The molecule has 2 aromatic carbocycles. The molecule has 0 spiro atoms. The minimum atomic E-state index is 0.0319. The van der Waals surface area contributed by atoms with E-state index in [1.54, 1.807) is 52.2 Å². The monoisotopic (exact) mass is 465 g/mol. The van der Waals surface area contributed by atoms with E-state index in [1.165, 1.54) is 4.90 Å². The Morgan fingerprint density at radius 1 is 1.06 bits per heavy atom. The number of amides is 1. The highest BCUT2D eigenvalue weighted by molar-refractivity contribution is 7.99. The number of hydrogen-bond acceptors (Lipinski definition) is 6. The molecule has 4 aromatic rings. The van der Waals surface area contributed by atoms with Gasteiger partial charge in [-0.25, -0.2) is 4.98 Å². The molecule has 0 saturated heterocycles. The molecule has 0 bridgehead atoms. The lowest BCUT2D eigenvalue weighted by atomic mass is 10.1. The molecule has 0 unspecified atom stereocenters. The molecule has 7 heteroatoms. The minimum absolute atomic E-state index is 0.0319. The molecule has 1 amide bonds. The number of thioether (sulfide) groups is 2. The predicted molar refractivity (Wildman–Crippen MR) is 133 cm³/mol. The van der Waals surface area contributed by atoms with Crippen LogP contribution in [0.25, 0.3) is 10.2 Å². The number of carbonyl (C=O) groups is 1. The molecule has 158 valence electrons. The molecule has 0 atom stereocenters. The van der Waals surface area contributed by atoms with Crippen molar-refractivity contribution in [3.8, 4) is 0 Å². The van der Waals surface area contributed by atoms with Crippen molar-refractivity contribution in [3.63, 3.8) is 0 Å². The van der Waals surface area contributed by atoms with E-state index < -0.39 is 0 Å². The molecule has 0 aliphatic rings. The fourth-order valence-corrected chi connectivity index (χ4v) is 5.57. The maximum atomic E-state index is 13.4. The van der Waals surface area contributed by atoms with Gasteiger partial charge in [0.05, 0.1) is 23.2 Å². The van der Waals surface area contributed by atoms with E-state index in [4.69, 9.17) is 4.98 Å². The zero-order valence-corrected chi connectivity index (χ0v) is 19.9. The van der Waals surface area contributed by atoms with Crippen molar-refractivity contribution in [1.29, 1.82) is 0 Å². The molecule has 31 heavy (non-hydrogen) atoms. The third kappa shape index (κ3) is 5.29. The highest BCUT2D eigenvalue weighted by Gasteiger charge is 2.21. The first-order valence-electron chi connectivity index (χ1n) is 10.0. The lowest BCUT2D eigenvalue weighted by Gasteiger charge is -2.20. The van der Waals surface area contributed by atoms with Crippen LogP contribution in [-0.4, -0.2) is 27.9 Å². The normalized spacial score (nSPS) is 11.0. The van der Waals surface area contributed by atoms with E-state index in [0.29, 0.717) is 13.0 Å². The van der Waals surface area contributed by atoms with Gasteiger partial charge in [-0.1, -0.05) is 42.5 Å². The standard InChI is InChI=1S/C24H23N3OS3/c1-3-30-19-11-9-17(10-12-19)14-22(28)27(16-18-6-5-13-25-15-18)24-26-23-20(29-2)7-4-8-21(23)31-24/h4-13,15H,3,14,16H2,1-2H3. The third-order valence-electron chi connectivity index (χ3n) is 4.78. The van der Waals surface area contributed by atoms with E-state index in [0.717, 1.165) is 37.1 Å². The summed E-state index contributed by atoms with van der Waals surface area (Å²) in [6.45, 7) is 2.59. The Labute approximate surface area is 195 Å². The second-order valence-corrected chi connectivity index (χ2v) is 10.1. The maximum Gasteiger partial charge on any atom is 0.233 e. The van der Waals surface area contributed by atoms with Crippen molar-refractivity contribution in [1.82, 2.24) is 9.97 Å². The van der Waals surface area contributed by atoms with Crippen molar-refractivity contribution in [2.24, 2.45) is 0 Å². The first kappa shape index (κ1) is 21.9. The van der Waals surface area contributed by atoms with Gasteiger partial charge in [0.1, 0.15) is 0 Å².